The van der Waals surface area contributed by atoms with E-state index in [1.165, 1.54) is 38.5 Å². The molecule has 0 fully saturated rings. The van der Waals surface area contributed by atoms with Crippen LogP contribution >= 0.6 is 0 Å². The molecule has 0 saturated carbocycles. The highest BCUT2D eigenvalue weighted by molar-refractivity contribution is 5.97. The van der Waals surface area contributed by atoms with Crippen LogP contribution in [0, 0.1) is 0 Å². The van der Waals surface area contributed by atoms with Gasteiger partial charge < -0.3 is 23.9 Å². The van der Waals surface area contributed by atoms with Crippen molar-refractivity contribution in [1.29, 1.82) is 0 Å². The molecular formula is C26H21NO7. The van der Waals surface area contributed by atoms with Crippen molar-refractivity contribution >= 4 is 22.8 Å². The van der Waals surface area contributed by atoms with Crippen molar-refractivity contribution in [1.82, 2.24) is 5.32 Å². The second-order valence-electron chi connectivity index (χ2n) is 7.31. The fourth-order valence-corrected chi connectivity index (χ4v) is 3.28. The molecule has 34 heavy (non-hydrogen) atoms. The second kappa shape index (κ2) is 9.91. The van der Waals surface area contributed by atoms with Crippen molar-refractivity contribution in [2.75, 3.05) is 14.2 Å². The first-order valence-corrected chi connectivity index (χ1v) is 10.3. The number of amides is 1. The molecule has 1 heterocycles. The van der Waals surface area contributed by atoms with Crippen molar-refractivity contribution in [3.8, 4) is 17.2 Å². The molecule has 3 aromatic carbocycles. The highest BCUT2D eigenvalue weighted by Gasteiger charge is 2.16. The van der Waals surface area contributed by atoms with Gasteiger partial charge in [0.25, 0.3) is 5.91 Å². The second-order valence-corrected chi connectivity index (χ2v) is 7.31. The summed E-state index contributed by atoms with van der Waals surface area (Å²) < 4.78 is 21.1. The number of hydrogen-bond acceptors (Lipinski definition) is 7. The molecule has 0 radical (unpaired) electrons. The van der Waals surface area contributed by atoms with Crippen LogP contribution < -0.4 is 25.2 Å². The van der Waals surface area contributed by atoms with E-state index in [1.807, 2.05) is 30.3 Å². The number of carbonyl (C=O) groups is 2. The molecule has 1 N–H and O–H groups in total. The lowest BCUT2D eigenvalue weighted by molar-refractivity contribution is 0.0734. The van der Waals surface area contributed by atoms with E-state index in [2.05, 4.69) is 5.32 Å². The molecule has 4 rings (SSSR count). The third kappa shape index (κ3) is 5.07. The van der Waals surface area contributed by atoms with Gasteiger partial charge in [-0.1, -0.05) is 30.3 Å². The van der Waals surface area contributed by atoms with Crippen molar-refractivity contribution in [3.63, 3.8) is 0 Å². The fraction of sp³-hybridized carbons (Fsp3) is 0.115. The average molecular weight is 459 g/mol. The average Bonchev–Trinajstić information content (AvgIpc) is 2.87. The van der Waals surface area contributed by atoms with Crippen LogP contribution in [0.3, 0.4) is 0 Å². The zero-order valence-corrected chi connectivity index (χ0v) is 18.5. The van der Waals surface area contributed by atoms with E-state index in [0.717, 1.165) is 5.56 Å². The van der Waals surface area contributed by atoms with Crippen LogP contribution in [-0.4, -0.2) is 26.1 Å². The van der Waals surface area contributed by atoms with E-state index in [4.69, 9.17) is 18.6 Å². The van der Waals surface area contributed by atoms with Gasteiger partial charge in [-0.15, -0.1) is 0 Å². The summed E-state index contributed by atoms with van der Waals surface area (Å²) in [7, 11) is 2.96. The fourth-order valence-electron chi connectivity index (χ4n) is 3.28. The van der Waals surface area contributed by atoms with Gasteiger partial charge in [-0.05, 0) is 35.9 Å². The topological polar surface area (TPSA) is 104 Å². The largest absolute Gasteiger partial charge is 0.497 e. The zero-order chi connectivity index (χ0) is 24.1. The lowest BCUT2D eigenvalue weighted by Crippen LogP contribution is -2.27. The van der Waals surface area contributed by atoms with Crippen LogP contribution in [0.5, 0.6) is 17.2 Å². The van der Waals surface area contributed by atoms with Crippen molar-refractivity contribution in [2.45, 2.75) is 6.54 Å². The van der Waals surface area contributed by atoms with Gasteiger partial charge in [0.1, 0.15) is 28.4 Å². The molecule has 4 aromatic rings. The molecule has 0 unspecified atom stereocenters. The Morgan fingerprint density at radius 1 is 0.853 bits per heavy atom. The summed E-state index contributed by atoms with van der Waals surface area (Å²) >= 11 is 0. The zero-order valence-electron chi connectivity index (χ0n) is 18.5. The summed E-state index contributed by atoms with van der Waals surface area (Å²) in [6, 6.07) is 20.0. The minimum Gasteiger partial charge on any atom is -0.497 e. The number of benzene rings is 3. The van der Waals surface area contributed by atoms with Gasteiger partial charge in [-0.25, -0.2) is 9.59 Å². The van der Waals surface area contributed by atoms with Crippen LogP contribution in [0.15, 0.2) is 82.0 Å². The Labute approximate surface area is 194 Å². The molecule has 8 nitrogen and oxygen atoms in total. The van der Waals surface area contributed by atoms with Gasteiger partial charge in [0, 0.05) is 24.1 Å². The van der Waals surface area contributed by atoms with Crippen molar-refractivity contribution in [3.05, 3.63) is 99.9 Å². The number of carbonyl (C=O) groups excluding carboxylic acids is 2. The van der Waals surface area contributed by atoms with Crippen molar-refractivity contribution in [2.24, 2.45) is 0 Å². The lowest BCUT2D eigenvalue weighted by atomic mass is 10.1. The highest BCUT2D eigenvalue weighted by atomic mass is 16.5. The van der Waals surface area contributed by atoms with E-state index in [1.54, 1.807) is 18.2 Å². The maximum atomic E-state index is 12.6. The minimum absolute atomic E-state index is 0.114. The Hall–Kier alpha value is -4.59. The quantitative estimate of drug-likeness (QED) is 0.253. The Kier molecular flexibility index (Phi) is 6.59. The monoisotopic (exact) mass is 459 g/mol. The van der Waals surface area contributed by atoms with Crippen LogP contribution in [0.1, 0.15) is 26.3 Å². The molecule has 0 aliphatic heterocycles. The first kappa shape index (κ1) is 22.6. The standard InChI is InChI=1S/C26H21NO7/c1-31-20-10-18(11-21(13-20)32-2)25(29)33-19-9-8-17-12-22(26(30)34-23(17)14-19)24(28)27-15-16-6-4-3-5-7-16/h3-14H,15H2,1-2H3,(H,27,28). The number of ether oxygens (including phenoxy) is 3. The molecule has 8 heteroatoms. The first-order valence-electron chi connectivity index (χ1n) is 10.3. The van der Waals surface area contributed by atoms with Gasteiger partial charge in [-0.3, -0.25) is 4.79 Å². The summed E-state index contributed by atoms with van der Waals surface area (Å²) in [5.74, 6) is -0.135. The lowest BCUT2D eigenvalue weighted by Gasteiger charge is -2.09. The van der Waals surface area contributed by atoms with Gasteiger partial charge >= 0.3 is 11.6 Å². The number of hydrogen-bond donors (Lipinski definition) is 1. The van der Waals surface area contributed by atoms with Crippen LogP contribution in [0.2, 0.25) is 0 Å². The normalized spacial score (nSPS) is 10.5. The van der Waals surface area contributed by atoms with Gasteiger partial charge in [0.15, 0.2) is 0 Å². The predicted molar refractivity (Wildman–Crippen MR) is 125 cm³/mol. The van der Waals surface area contributed by atoms with Crippen LogP contribution in [-0.2, 0) is 6.54 Å². The molecule has 0 bridgehead atoms. The predicted octanol–water partition coefficient (Wildman–Crippen LogP) is 3.96. The van der Waals surface area contributed by atoms with Gasteiger partial charge in [0.2, 0.25) is 0 Å². The van der Waals surface area contributed by atoms with E-state index in [0.29, 0.717) is 16.9 Å². The summed E-state index contributed by atoms with van der Waals surface area (Å²) in [5, 5.41) is 3.21. The highest BCUT2D eigenvalue weighted by Crippen LogP contribution is 2.25. The smallest absolute Gasteiger partial charge is 0.349 e. The maximum absolute atomic E-state index is 12.6. The van der Waals surface area contributed by atoms with Gasteiger partial charge in [0.05, 0.1) is 19.8 Å². The number of nitrogens with one attached hydrogen (secondary N) is 1. The Morgan fingerprint density at radius 3 is 2.24 bits per heavy atom. The molecular weight excluding hydrogens is 438 g/mol. The molecule has 1 aromatic heterocycles. The molecule has 0 spiro atoms. The minimum atomic E-state index is -0.793. The maximum Gasteiger partial charge on any atom is 0.349 e. The molecule has 0 aliphatic carbocycles. The summed E-state index contributed by atoms with van der Waals surface area (Å²) in [6.45, 7) is 0.279. The van der Waals surface area contributed by atoms with Crippen LogP contribution in [0.25, 0.3) is 11.0 Å². The van der Waals surface area contributed by atoms with Crippen molar-refractivity contribution < 1.29 is 28.2 Å². The number of methoxy groups -OCH3 is 2. The summed E-state index contributed by atoms with van der Waals surface area (Å²) in [4.78, 5) is 37.5. The van der Waals surface area contributed by atoms with E-state index >= 15 is 0 Å². The number of esters is 1. The third-order valence-corrected chi connectivity index (χ3v) is 5.05. The molecule has 0 atom stereocenters. The number of rotatable bonds is 7. The first-order chi connectivity index (χ1) is 16.5. The Morgan fingerprint density at radius 2 is 1.56 bits per heavy atom. The Balaban J connectivity index is 1.53. The summed E-state index contributed by atoms with van der Waals surface area (Å²) in [6.07, 6.45) is 0. The summed E-state index contributed by atoms with van der Waals surface area (Å²) in [5.41, 5.74) is 0.401. The van der Waals surface area contributed by atoms with Crippen LogP contribution in [0.4, 0.5) is 0 Å². The molecule has 1 amide bonds. The van der Waals surface area contributed by atoms with E-state index in [9.17, 15) is 14.4 Å². The molecule has 0 saturated heterocycles. The molecule has 172 valence electrons. The Bertz CT molecular complexity index is 1390. The number of fused-ring (bicyclic) bond motifs is 1. The van der Waals surface area contributed by atoms with Gasteiger partial charge in [-0.2, -0.15) is 0 Å². The third-order valence-electron chi connectivity index (χ3n) is 5.05. The van der Waals surface area contributed by atoms with E-state index in [-0.39, 0.29) is 29.0 Å². The molecule has 0 aliphatic rings. The van der Waals surface area contributed by atoms with E-state index < -0.39 is 17.5 Å². The SMILES string of the molecule is COc1cc(OC)cc(C(=O)Oc2ccc3cc(C(=O)NCc4ccccc4)c(=O)oc3c2)c1.